The van der Waals surface area contributed by atoms with Gasteiger partial charge in [-0.3, -0.25) is 0 Å². The number of hydrogen-bond acceptors (Lipinski definition) is 4. The fourth-order valence-electron chi connectivity index (χ4n) is 2.80. The first-order chi connectivity index (χ1) is 7.93. The lowest BCUT2D eigenvalue weighted by atomic mass is 9.64. The van der Waals surface area contributed by atoms with E-state index in [9.17, 15) is 5.11 Å². The van der Waals surface area contributed by atoms with Gasteiger partial charge in [-0.1, -0.05) is 13.8 Å². The summed E-state index contributed by atoms with van der Waals surface area (Å²) < 4.78 is 10.7. The maximum Gasteiger partial charge on any atom is 0.0900 e. The quantitative estimate of drug-likeness (QED) is 0.730. The fourth-order valence-corrected chi connectivity index (χ4v) is 2.80. The average Bonchev–Trinajstić information content (AvgIpc) is 2.23. The van der Waals surface area contributed by atoms with Crippen molar-refractivity contribution in [3.8, 4) is 0 Å². The molecule has 3 atom stereocenters. The summed E-state index contributed by atoms with van der Waals surface area (Å²) in [4.78, 5) is 2.22. The minimum atomic E-state index is -0.410. The summed E-state index contributed by atoms with van der Waals surface area (Å²) in [5, 5.41) is 9.73. The number of aliphatic hydroxyl groups is 1. The van der Waals surface area contributed by atoms with Crippen LogP contribution in [0.2, 0.25) is 0 Å². The van der Waals surface area contributed by atoms with E-state index in [-0.39, 0.29) is 5.41 Å². The first-order valence-electron chi connectivity index (χ1n) is 6.42. The van der Waals surface area contributed by atoms with Gasteiger partial charge in [-0.05, 0) is 20.4 Å². The highest BCUT2D eigenvalue weighted by atomic mass is 16.5. The lowest BCUT2D eigenvalue weighted by molar-refractivity contribution is -0.150. The first kappa shape index (κ1) is 14.9. The second-order valence-corrected chi connectivity index (χ2v) is 5.57. The first-order valence-corrected chi connectivity index (χ1v) is 6.42. The molecule has 0 amide bonds. The van der Waals surface area contributed by atoms with E-state index in [1.165, 1.54) is 0 Å². The Morgan fingerprint density at radius 1 is 1.47 bits per heavy atom. The Balaban J connectivity index is 2.42. The van der Waals surface area contributed by atoms with E-state index >= 15 is 0 Å². The van der Waals surface area contributed by atoms with Crippen molar-refractivity contribution in [2.75, 3.05) is 33.9 Å². The van der Waals surface area contributed by atoms with E-state index in [1.807, 2.05) is 6.92 Å². The van der Waals surface area contributed by atoms with Crippen LogP contribution in [0.15, 0.2) is 0 Å². The molecule has 0 aromatic rings. The summed E-state index contributed by atoms with van der Waals surface area (Å²) in [6, 6.07) is 0.477. The molecule has 4 heteroatoms. The second kappa shape index (κ2) is 6.14. The van der Waals surface area contributed by atoms with Crippen molar-refractivity contribution >= 4 is 0 Å². The summed E-state index contributed by atoms with van der Waals surface area (Å²) in [6.07, 6.45) is 0.989. The van der Waals surface area contributed by atoms with Crippen LogP contribution in [0.1, 0.15) is 27.2 Å². The molecule has 4 nitrogen and oxygen atoms in total. The highest BCUT2D eigenvalue weighted by Gasteiger charge is 2.50. The highest BCUT2D eigenvalue weighted by Crippen LogP contribution is 2.45. The molecule has 0 saturated heterocycles. The smallest absolute Gasteiger partial charge is 0.0900 e. The van der Waals surface area contributed by atoms with Gasteiger partial charge in [0.05, 0.1) is 18.8 Å². The molecule has 1 rings (SSSR count). The Morgan fingerprint density at radius 2 is 2.12 bits per heavy atom. The maximum atomic E-state index is 9.73. The van der Waals surface area contributed by atoms with Crippen molar-refractivity contribution < 1.29 is 14.6 Å². The van der Waals surface area contributed by atoms with Crippen molar-refractivity contribution in [1.82, 2.24) is 4.90 Å². The fraction of sp³-hybridized carbons (Fsp3) is 1.00. The van der Waals surface area contributed by atoms with Crippen molar-refractivity contribution in [3.63, 3.8) is 0 Å². The second-order valence-electron chi connectivity index (χ2n) is 5.57. The molecule has 17 heavy (non-hydrogen) atoms. The molecule has 0 aromatic carbocycles. The van der Waals surface area contributed by atoms with Crippen LogP contribution in [-0.2, 0) is 9.47 Å². The summed E-state index contributed by atoms with van der Waals surface area (Å²) in [7, 11) is 3.68. The van der Waals surface area contributed by atoms with Gasteiger partial charge in [0.25, 0.3) is 0 Å². The largest absolute Gasteiger partial charge is 0.389 e. The van der Waals surface area contributed by atoms with Gasteiger partial charge in [-0.2, -0.15) is 0 Å². The zero-order chi connectivity index (χ0) is 13.1. The standard InChI is InChI=1S/C13H27NO3/c1-6-17-12-7-11(13(12,2)3)14(4)8-10(15)9-16-5/h10-12,15H,6-9H2,1-5H3/t10-,11-,12+/m0/s1. The third kappa shape index (κ3) is 3.41. The minimum Gasteiger partial charge on any atom is -0.389 e. The van der Waals surface area contributed by atoms with Crippen molar-refractivity contribution in [3.05, 3.63) is 0 Å². The predicted octanol–water partition coefficient (Wildman–Crippen LogP) is 1.13. The Morgan fingerprint density at radius 3 is 2.59 bits per heavy atom. The van der Waals surface area contributed by atoms with E-state index in [0.717, 1.165) is 13.0 Å². The number of aliphatic hydroxyl groups excluding tert-OH is 1. The molecule has 1 saturated carbocycles. The van der Waals surface area contributed by atoms with Gasteiger partial charge in [0.15, 0.2) is 0 Å². The molecule has 0 unspecified atom stereocenters. The lowest BCUT2D eigenvalue weighted by Gasteiger charge is -2.55. The van der Waals surface area contributed by atoms with E-state index in [0.29, 0.717) is 25.3 Å². The van der Waals surface area contributed by atoms with E-state index in [4.69, 9.17) is 9.47 Å². The van der Waals surface area contributed by atoms with Crippen LogP contribution in [0, 0.1) is 5.41 Å². The monoisotopic (exact) mass is 245 g/mol. The van der Waals surface area contributed by atoms with Crippen LogP contribution in [-0.4, -0.2) is 62.2 Å². The Labute approximate surface area is 105 Å². The van der Waals surface area contributed by atoms with E-state index in [2.05, 4.69) is 25.8 Å². The molecule has 1 aliphatic carbocycles. The summed E-state index contributed by atoms with van der Waals surface area (Å²) in [5.41, 5.74) is 0.164. The van der Waals surface area contributed by atoms with Gasteiger partial charge in [-0.15, -0.1) is 0 Å². The Kier molecular flexibility index (Phi) is 5.38. The van der Waals surface area contributed by atoms with Crippen molar-refractivity contribution in [1.29, 1.82) is 0 Å². The number of likely N-dealkylation sites (N-methyl/N-ethyl adjacent to an activating group) is 1. The SMILES string of the molecule is CCO[C@@H]1C[C@H](N(C)C[C@H](O)COC)C1(C)C. The van der Waals surface area contributed by atoms with Gasteiger partial charge in [0, 0.05) is 31.7 Å². The number of hydrogen-bond donors (Lipinski definition) is 1. The molecule has 0 spiro atoms. The van der Waals surface area contributed by atoms with Gasteiger partial charge >= 0.3 is 0 Å². The molecule has 102 valence electrons. The van der Waals surface area contributed by atoms with Gasteiger partial charge in [0.1, 0.15) is 0 Å². The molecule has 0 aliphatic heterocycles. The molecule has 0 heterocycles. The Hall–Kier alpha value is -0.160. The molecular formula is C13H27NO3. The van der Waals surface area contributed by atoms with Crippen LogP contribution in [0.25, 0.3) is 0 Å². The summed E-state index contributed by atoms with van der Waals surface area (Å²) in [6.45, 7) is 8.33. The minimum absolute atomic E-state index is 0.164. The van der Waals surface area contributed by atoms with Crippen LogP contribution >= 0.6 is 0 Å². The molecular weight excluding hydrogens is 218 g/mol. The molecule has 1 fully saturated rings. The number of ether oxygens (including phenoxy) is 2. The maximum absolute atomic E-state index is 9.73. The summed E-state index contributed by atoms with van der Waals surface area (Å²) in [5.74, 6) is 0. The lowest BCUT2D eigenvalue weighted by Crippen LogP contribution is -2.62. The van der Waals surface area contributed by atoms with Gasteiger partial charge < -0.3 is 19.5 Å². The third-order valence-corrected chi connectivity index (χ3v) is 3.88. The van der Waals surface area contributed by atoms with Gasteiger partial charge in [-0.25, -0.2) is 0 Å². The zero-order valence-corrected chi connectivity index (χ0v) is 11.8. The normalized spacial score (nSPS) is 29.1. The van der Waals surface area contributed by atoms with E-state index in [1.54, 1.807) is 7.11 Å². The van der Waals surface area contributed by atoms with E-state index < -0.39 is 6.10 Å². The molecule has 0 aromatic heterocycles. The topological polar surface area (TPSA) is 41.9 Å². The van der Waals surface area contributed by atoms with Crippen LogP contribution in [0.4, 0.5) is 0 Å². The van der Waals surface area contributed by atoms with Crippen LogP contribution in [0.3, 0.4) is 0 Å². The molecule has 1 aliphatic rings. The van der Waals surface area contributed by atoms with Crippen molar-refractivity contribution in [2.24, 2.45) is 5.41 Å². The number of methoxy groups -OCH3 is 1. The number of nitrogens with zero attached hydrogens (tertiary/aromatic N) is 1. The molecule has 0 bridgehead atoms. The summed E-state index contributed by atoms with van der Waals surface area (Å²) >= 11 is 0. The Bertz CT molecular complexity index is 233. The average molecular weight is 245 g/mol. The number of rotatable bonds is 7. The zero-order valence-electron chi connectivity index (χ0n) is 11.8. The predicted molar refractivity (Wildman–Crippen MR) is 68.1 cm³/mol. The molecule has 1 N–H and O–H groups in total. The van der Waals surface area contributed by atoms with Crippen molar-refractivity contribution in [2.45, 2.75) is 45.4 Å². The van der Waals surface area contributed by atoms with Crippen LogP contribution < -0.4 is 0 Å². The van der Waals surface area contributed by atoms with Gasteiger partial charge in [0.2, 0.25) is 0 Å². The van der Waals surface area contributed by atoms with Crippen LogP contribution in [0.5, 0.6) is 0 Å². The highest BCUT2D eigenvalue weighted by molar-refractivity contribution is 5.03. The molecule has 0 radical (unpaired) electrons. The third-order valence-electron chi connectivity index (χ3n) is 3.88.